The lowest BCUT2D eigenvalue weighted by Gasteiger charge is -2.15. The van der Waals surface area contributed by atoms with Crippen molar-refractivity contribution in [3.8, 4) is 0 Å². The molecular formula is C8H15NO6S. The predicted molar refractivity (Wildman–Crippen MR) is 55.0 cm³/mol. The molecule has 2 atom stereocenters. The van der Waals surface area contributed by atoms with Gasteiger partial charge < -0.3 is 9.47 Å². The van der Waals surface area contributed by atoms with Gasteiger partial charge in [0.25, 0.3) is 0 Å². The molecule has 0 saturated heterocycles. The number of nitrogens with one attached hydrogen (secondary N) is 1. The molecule has 0 aliphatic heterocycles. The van der Waals surface area contributed by atoms with E-state index in [0.717, 1.165) is 21.1 Å². The van der Waals surface area contributed by atoms with Gasteiger partial charge in [0.05, 0.1) is 14.2 Å². The minimum Gasteiger partial charge on any atom is -0.468 e. The minimum absolute atomic E-state index is 0.736. The Balaban J connectivity index is 4.70. The van der Waals surface area contributed by atoms with E-state index in [1.54, 1.807) is 0 Å². The molecule has 7 nitrogen and oxygen atoms in total. The summed E-state index contributed by atoms with van der Waals surface area (Å²) in [4.78, 5) is 22.0. The van der Waals surface area contributed by atoms with Crippen molar-refractivity contribution in [1.29, 1.82) is 0 Å². The van der Waals surface area contributed by atoms with Gasteiger partial charge in [0.1, 0.15) is 6.04 Å². The average Bonchev–Trinajstić information content (AvgIpc) is 2.24. The van der Waals surface area contributed by atoms with Crippen molar-refractivity contribution in [2.45, 2.75) is 25.1 Å². The van der Waals surface area contributed by atoms with Crippen molar-refractivity contribution in [3.05, 3.63) is 0 Å². The Morgan fingerprint density at radius 3 is 1.88 bits per heavy atom. The summed E-state index contributed by atoms with van der Waals surface area (Å²) in [6.07, 6.45) is 0. The lowest BCUT2D eigenvalue weighted by atomic mass is 10.4. The number of esters is 2. The van der Waals surface area contributed by atoms with Crippen LogP contribution in [0, 0.1) is 0 Å². The van der Waals surface area contributed by atoms with Crippen molar-refractivity contribution in [2.24, 2.45) is 0 Å². The maximum Gasteiger partial charge on any atom is 0.325 e. The van der Waals surface area contributed by atoms with Crippen LogP contribution in [0.4, 0.5) is 0 Å². The molecule has 2 unspecified atom stereocenters. The first-order valence-electron chi connectivity index (χ1n) is 4.43. The number of sulfonamides is 1. The third-order valence-electron chi connectivity index (χ3n) is 1.89. The van der Waals surface area contributed by atoms with E-state index in [4.69, 9.17) is 0 Å². The second kappa shape index (κ2) is 5.80. The van der Waals surface area contributed by atoms with E-state index in [9.17, 15) is 18.0 Å². The number of carbonyl (C=O) groups excluding carboxylic acids is 2. The second-order valence-corrected chi connectivity index (χ2v) is 5.11. The van der Waals surface area contributed by atoms with Gasteiger partial charge in [-0.2, -0.15) is 0 Å². The second-order valence-electron chi connectivity index (χ2n) is 3.07. The van der Waals surface area contributed by atoms with Gasteiger partial charge in [0.2, 0.25) is 10.0 Å². The van der Waals surface area contributed by atoms with Gasteiger partial charge in [-0.1, -0.05) is 0 Å². The van der Waals surface area contributed by atoms with Crippen LogP contribution in [-0.4, -0.2) is 45.9 Å². The molecule has 0 aromatic carbocycles. The summed E-state index contributed by atoms with van der Waals surface area (Å²) in [5.41, 5.74) is 0. The smallest absolute Gasteiger partial charge is 0.325 e. The molecule has 0 saturated carbocycles. The molecule has 0 amide bonds. The summed E-state index contributed by atoms with van der Waals surface area (Å²) in [6.45, 7) is 2.48. The zero-order chi connectivity index (χ0) is 12.9. The molecule has 0 aliphatic carbocycles. The van der Waals surface area contributed by atoms with Gasteiger partial charge in [0.15, 0.2) is 5.25 Å². The van der Waals surface area contributed by atoms with E-state index in [1.165, 1.54) is 6.92 Å². The van der Waals surface area contributed by atoms with E-state index in [2.05, 4.69) is 9.47 Å². The van der Waals surface area contributed by atoms with Crippen molar-refractivity contribution in [2.75, 3.05) is 14.2 Å². The average molecular weight is 253 g/mol. The fourth-order valence-electron chi connectivity index (χ4n) is 0.866. The van der Waals surface area contributed by atoms with Crippen LogP contribution in [-0.2, 0) is 29.1 Å². The topological polar surface area (TPSA) is 98.8 Å². The molecule has 94 valence electrons. The van der Waals surface area contributed by atoms with Crippen LogP contribution < -0.4 is 4.72 Å². The number of carbonyl (C=O) groups is 2. The van der Waals surface area contributed by atoms with Crippen LogP contribution in [0.5, 0.6) is 0 Å². The Hall–Kier alpha value is -1.15. The molecule has 0 fully saturated rings. The molecule has 0 radical (unpaired) electrons. The SMILES string of the molecule is COC(=O)C(C)NS(=O)(=O)C(C)C(=O)OC. The first kappa shape index (κ1) is 14.8. The summed E-state index contributed by atoms with van der Waals surface area (Å²) in [5.74, 6) is -1.63. The first-order chi connectivity index (χ1) is 7.26. The van der Waals surface area contributed by atoms with Crippen LogP contribution >= 0.6 is 0 Å². The molecule has 0 spiro atoms. The quantitative estimate of drug-likeness (QED) is 0.633. The highest BCUT2D eigenvalue weighted by Crippen LogP contribution is 2.02. The van der Waals surface area contributed by atoms with Gasteiger partial charge in [-0.05, 0) is 13.8 Å². The number of hydrogen-bond acceptors (Lipinski definition) is 6. The maximum absolute atomic E-state index is 11.5. The standard InChI is InChI=1S/C8H15NO6S/c1-5(7(10)14-3)9-16(12,13)6(2)8(11)15-4/h5-6,9H,1-4H3. The van der Waals surface area contributed by atoms with Crippen LogP contribution in [0.3, 0.4) is 0 Å². The van der Waals surface area contributed by atoms with Crippen LogP contribution in [0.25, 0.3) is 0 Å². The minimum atomic E-state index is -3.95. The van der Waals surface area contributed by atoms with Crippen LogP contribution in [0.15, 0.2) is 0 Å². The van der Waals surface area contributed by atoms with Crippen molar-refractivity contribution < 1.29 is 27.5 Å². The zero-order valence-electron chi connectivity index (χ0n) is 9.51. The molecule has 16 heavy (non-hydrogen) atoms. The zero-order valence-corrected chi connectivity index (χ0v) is 10.3. The number of methoxy groups -OCH3 is 2. The summed E-state index contributed by atoms with van der Waals surface area (Å²) in [7, 11) is -1.73. The number of rotatable bonds is 5. The van der Waals surface area contributed by atoms with Gasteiger partial charge in [0, 0.05) is 0 Å². The van der Waals surface area contributed by atoms with Crippen LogP contribution in [0.1, 0.15) is 13.8 Å². The third kappa shape index (κ3) is 3.78. The largest absolute Gasteiger partial charge is 0.468 e. The molecule has 0 rings (SSSR count). The fourth-order valence-corrected chi connectivity index (χ4v) is 2.01. The van der Waals surface area contributed by atoms with E-state index in [1.807, 2.05) is 4.72 Å². The summed E-state index contributed by atoms with van der Waals surface area (Å²) in [6, 6.07) is -1.05. The normalized spacial score (nSPS) is 15.0. The van der Waals surface area contributed by atoms with Gasteiger partial charge in [-0.3, -0.25) is 9.59 Å². The first-order valence-corrected chi connectivity index (χ1v) is 5.97. The maximum atomic E-state index is 11.5. The molecule has 0 bridgehead atoms. The van der Waals surface area contributed by atoms with Gasteiger partial charge in [-0.15, -0.1) is 0 Å². The Morgan fingerprint density at radius 2 is 1.50 bits per heavy atom. The van der Waals surface area contributed by atoms with Crippen molar-refractivity contribution in [3.63, 3.8) is 0 Å². The lowest BCUT2D eigenvalue weighted by molar-refractivity contribution is -0.142. The Kier molecular flexibility index (Phi) is 5.39. The Morgan fingerprint density at radius 1 is 1.06 bits per heavy atom. The number of hydrogen-bond donors (Lipinski definition) is 1. The molecular weight excluding hydrogens is 238 g/mol. The van der Waals surface area contributed by atoms with E-state index < -0.39 is 33.3 Å². The van der Waals surface area contributed by atoms with E-state index in [-0.39, 0.29) is 0 Å². The highest BCUT2D eigenvalue weighted by Gasteiger charge is 2.31. The Labute approximate surface area is 94.2 Å². The highest BCUT2D eigenvalue weighted by molar-refractivity contribution is 7.90. The molecule has 0 aromatic rings. The third-order valence-corrected chi connectivity index (χ3v) is 3.70. The molecule has 0 heterocycles. The van der Waals surface area contributed by atoms with Gasteiger partial charge >= 0.3 is 11.9 Å². The monoisotopic (exact) mass is 253 g/mol. The van der Waals surface area contributed by atoms with Crippen molar-refractivity contribution >= 4 is 22.0 Å². The van der Waals surface area contributed by atoms with Gasteiger partial charge in [-0.25, -0.2) is 13.1 Å². The highest BCUT2D eigenvalue weighted by atomic mass is 32.2. The number of ether oxygens (including phenoxy) is 2. The summed E-state index contributed by atoms with van der Waals surface area (Å²) >= 11 is 0. The Bertz CT molecular complexity index is 363. The van der Waals surface area contributed by atoms with Crippen molar-refractivity contribution in [1.82, 2.24) is 4.72 Å². The fraction of sp³-hybridized carbons (Fsp3) is 0.750. The lowest BCUT2D eigenvalue weighted by Crippen LogP contribution is -2.45. The summed E-state index contributed by atoms with van der Waals surface area (Å²) < 4.78 is 33.7. The van der Waals surface area contributed by atoms with Crippen LogP contribution in [0.2, 0.25) is 0 Å². The predicted octanol–water partition coefficient (Wildman–Crippen LogP) is -0.971. The molecule has 0 aliphatic rings. The van der Waals surface area contributed by atoms with E-state index in [0.29, 0.717) is 0 Å². The molecule has 0 aromatic heterocycles. The summed E-state index contributed by atoms with van der Waals surface area (Å²) in [5, 5.41) is -1.38. The molecule has 1 N–H and O–H groups in total. The van der Waals surface area contributed by atoms with E-state index >= 15 is 0 Å². The molecule has 8 heteroatoms.